The zero-order valence-electron chi connectivity index (χ0n) is 13.1. The molecular weight excluding hydrogens is 288 g/mol. The van der Waals surface area contributed by atoms with Crippen LogP contribution in [0.5, 0.6) is 0 Å². The maximum Gasteiger partial charge on any atom is 0.218 e. The van der Waals surface area contributed by atoms with E-state index in [1.807, 2.05) is 38.1 Å². The minimum atomic E-state index is -3.36. The Kier molecular flexibility index (Phi) is 7.31. The van der Waals surface area contributed by atoms with Crippen molar-refractivity contribution in [2.45, 2.75) is 26.1 Å². The van der Waals surface area contributed by atoms with Gasteiger partial charge in [0, 0.05) is 26.7 Å². The van der Waals surface area contributed by atoms with Gasteiger partial charge in [0.15, 0.2) is 0 Å². The second-order valence-corrected chi connectivity index (χ2v) is 7.49. The van der Waals surface area contributed by atoms with Crippen LogP contribution in [-0.4, -0.2) is 39.5 Å². The Hall–Kier alpha value is -0.950. The normalized spacial score (nSPS) is 12.3. The van der Waals surface area contributed by atoms with Crippen LogP contribution in [0, 0.1) is 5.92 Å². The van der Waals surface area contributed by atoms with Crippen LogP contribution in [0.25, 0.3) is 0 Å². The molecule has 1 aromatic rings. The average molecular weight is 314 g/mol. The lowest BCUT2D eigenvalue weighted by molar-refractivity contribution is 0.175. The Morgan fingerprint density at radius 1 is 1.29 bits per heavy atom. The molecule has 5 nitrogen and oxygen atoms in total. The van der Waals surface area contributed by atoms with Crippen LogP contribution in [0.15, 0.2) is 24.3 Å². The maximum absolute atomic E-state index is 12.6. The van der Waals surface area contributed by atoms with Crippen molar-refractivity contribution in [3.63, 3.8) is 0 Å². The highest BCUT2D eigenvalue weighted by molar-refractivity contribution is 7.88. The van der Waals surface area contributed by atoms with Crippen LogP contribution in [0.4, 0.5) is 0 Å². The van der Waals surface area contributed by atoms with E-state index in [9.17, 15) is 8.42 Å². The lowest BCUT2D eigenvalue weighted by atomic mass is 10.1. The molecule has 0 aliphatic rings. The van der Waals surface area contributed by atoms with E-state index >= 15 is 0 Å². The van der Waals surface area contributed by atoms with E-state index in [0.29, 0.717) is 26.2 Å². The predicted octanol–water partition coefficient (Wildman–Crippen LogP) is 1.58. The van der Waals surface area contributed by atoms with Crippen LogP contribution < -0.4 is 5.73 Å². The largest absolute Gasteiger partial charge is 0.383 e. The first-order valence-corrected chi connectivity index (χ1v) is 8.74. The molecule has 0 aliphatic heterocycles. The van der Waals surface area contributed by atoms with Gasteiger partial charge in [-0.05, 0) is 17.0 Å². The minimum absolute atomic E-state index is 0.00270. The van der Waals surface area contributed by atoms with Crippen molar-refractivity contribution in [2.75, 3.05) is 26.8 Å². The summed E-state index contributed by atoms with van der Waals surface area (Å²) in [7, 11) is -1.78. The van der Waals surface area contributed by atoms with Crippen molar-refractivity contribution in [1.82, 2.24) is 4.31 Å². The van der Waals surface area contributed by atoms with Gasteiger partial charge in [-0.2, -0.15) is 4.31 Å². The molecule has 0 spiro atoms. The molecule has 0 radical (unpaired) electrons. The molecule has 0 unspecified atom stereocenters. The summed E-state index contributed by atoms with van der Waals surface area (Å²) in [6, 6.07) is 7.41. The molecule has 0 aromatic heterocycles. The highest BCUT2D eigenvalue weighted by Gasteiger charge is 2.23. The quantitative estimate of drug-likeness (QED) is 0.751. The maximum atomic E-state index is 12.6. The summed E-state index contributed by atoms with van der Waals surface area (Å²) in [5.74, 6) is 0.268. The fourth-order valence-corrected chi connectivity index (χ4v) is 3.75. The van der Waals surface area contributed by atoms with Gasteiger partial charge in [-0.25, -0.2) is 8.42 Å². The van der Waals surface area contributed by atoms with Crippen molar-refractivity contribution in [2.24, 2.45) is 11.7 Å². The van der Waals surface area contributed by atoms with Crippen LogP contribution in [0.3, 0.4) is 0 Å². The first-order valence-electron chi connectivity index (χ1n) is 7.13. The lowest BCUT2D eigenvalue weighted by Crippen LogP contribution is -2.37. The van der Waals surface area contributed by atoms with E-state index in [1.165, 1.54) is 4.31 Å². The van der Waals surface area contributed by atoms with Crippen LogP contribution in [0.1, 0.15) is 25.0 Å². The van der Waals surface area contributed by atoms with Gasteiger partial charge in [0.05, 0.1) is 12.4 Å². The molecule has 21 heavy (non-hydrogen) atoms. The fraction of sp³-hybridized carbons (Fsp3) is 0.600. The molecule has 0 heterocycles. The Morgan fingerprint density at radius 2 is 1.95 bits per heavy atom. The number of ether oxygens (including phenoxy) is 1. The topological polar surface area (TPSA) is 72.6 Å². The Bertz CT molecular complexity index is 529. The first-order chi connectivity index (χ1) is 9.89. The molecule has 1 rings (SSSR count). The summed E-state index contributed by atoms with van der Waals surface area (Å²) in [4.78, 5) is 0. The van der Waals surface area contributed by atoms with E-state index in [0.717, 1.165) is 11.1 Å². The van der Waals surface area contributed by atoms with Crippen LogP contribution in [-0.2, 0) is 27.1 Å². The predicted molar refractivity (Wildman–Crippen MR) is 85.2 cm³/mol. The van der Waals surface area contributed by atoms with Gasteiger partial charge in [-0.15, -0.1) is 0 Å². The van der Waals surface area contributed by atoms with Crippen molar-refractivity contribution in [3.8, 4) is 0 Å². The SMILES string of the molecule is COCCN(CC(C)C)S(=O)(=O)Cc1cccc(CN)c1. The third-order valence-corrected chi connectivity index (χ3v) is 4.90. The monoisotopic (exact) mass is 314 g/mol. The van der Waals surface area contributed by atoms with Gasteiger partial charge in [0.2, 0.25) is 10.0 Å². The summed E-state index contributed by atoms with van der Waals surface area (Å²) in [6.45, 7) is 5.70. The third kappa shape index (κ3) is 6.13. The molecule has 6 heteroatoms. The number of sulfonamides is 1. The van der Waals surface area contributed by atoms with Crippen molar-refractivity contribution >= 4 is 10.0 Å². The third-order valence-electron chi connectivity index (χ3n) is 3.08. The molecule has 0 bridgehead atoms. The van der Waals surface area contributed by atoms with Crippen molar-refractivity contribution < 1.29 is 13.2 Å². The minimum Gasteiger partial charge on any atom is -0.383 e. The number of hydrogen-bond acceptors (Lipinski definition) is 4. The van der Waals surface area contributed by atoms with Crippen molar-refractivity contribution in [1.29, 1.82) is 0 Å². The number of nitrogens with zero attached hydrogens (tertiary/aromatic N) is 1. The summed E-state index contributed by atoms with van der Waals surface area (Å²) in [5, 5.41) is 0. The van der Waals surface area contributed by atoms with E-state index < -0.39 is 10.0 Å². The van der Waals surface area contributed by atoms with E-state index in [1.54, 1.807) is 7.11 Å². The molecule has 120 valence electrons. The smallest absolute Gasteiger partial charge is 0.218 e. The Morgan fingerprint density at radius 3 is 2.52 bits per heavy atom. The molecule has 0 amide bonds. The zero-order chi connectivity index (χ0) is 15.9. The first kappa shape index (κ1) is 18.1. The highest BCUT2D eigenvalue weighted by atomic mass is 32.2. The number of benzene rings is 1. The molecule has 0 saturated carbocycles. The Labute approximate surface area is 128 Å². The van der Waals surface area contributed by atoms with E-state index in [4.69, 9.17) is 10.5 Å². The second kappa shape index (κ2) is 8.48. The zero-order valence-corrected chi connectivity index (χ0v) is 13.9. The van der Waals surface area contributed by atoms with Crippen LogP contribution in [0.2, 0.25) is 0 Å². The molecular formula is C15H26N2O3S. The summed E-state index contributed by atoms with van der Waals surface area (Å²) in [6.07, 6.45) is 0. The standard InChI is InChI=1S/C15H26N2O3S/c1-13(2)11-17(7-8-20-3)21(18,19)12-15-6-4-5-14(9-15)10-16/h4-6,9,13H,7-8,10-12,16H2,1-3H3. The van der Waals surface area contributed by atoms with E-state index in [2.05, 4.69) is 0 Å². The number of methoxy groups -OCH3 is 1. The highest BCUT2D eigenvalue weighted by Crippen LogP contribution is 2.14. The van der Waals surface area contributed by atoms with Crippen molar-refractivity contribution in [3.05, 3.63) is 35.4 Å². The van der Waals surface area contributed by atoms with Gasteiger partial charge in [0.25, 0.3) is 0 Å². The fourth-order valence-electron chi connectivity index (χ4n) is 2.09. The summed E-state index contributed by atoms with van der Waals surface area (Å²) >= 11 is 0. The van der Waals surface area contributed by atoms with Gasteiger partial charge in [-0.3, -0.25) is 0 Å². The van der Waals surface area contributed by atoms with Crippen LogP contribution >= 0.6 is 0 Å². The molecule has 0 saturated heterocycles. The number of hydrogen-bond donors (Lipinski definition) is 1. The van der Waals surface area contributed by atoms with E-state index in [-0.39, 0.29) is 11.7 Å². The molecule has 0 atom stereocenters. The lowest BCUT2D eigenvalue weighted by Gasteiger charge is -2.23. The summed E-state index contributed by atoms with van der Waals surface area (Å²) < 4.78 is 31.7. The van der Waals surface area contributed by atoms with Gasteiger partial charge in [0.1, 0.15) is 0 Å². The second-order valence-electron chi connectivity index (χ2n) is 5.52. The average Bonchev–Trinajstić information content (AvgIpc) is 2.42. The molecule has 0 fully saturated rings. The molecule has 0 aliphatic carbocycles. The Balaban J connectivity index is 2.88. The number of nitrogens with two attached hydrogens (primary N) is 1. The van der Waals surface area contributed by atoms with Gasteiger partial charge in [-0.1, -0.05) is 38.1 Å². The number of rotatable bonds is 9. The molecule has 2 N–H and O–H groups in total. The van der Waals surface area contributed by atoms with Gasteiger partial charge < -0.3 is 10.5 Å². The summed E-state index contributed by atoms with van der Waals surface area (Å²) in [5.41, 5.74) is 7.31. The molecule has 1 aromatic carbocycles. The van der Waals surface area contributed by atoms with Gasteiger partial charge >= 0.3 is 0 Å².